The number of carbonyl (C=O) groups excluding carboxylic acids is 2. The molecule has 2 N–H and O–H groups in total. The van der Waals surface area contributed by atoms with Crippen molar-refractivity contribution in [1.82, 2.24) is 9.73 Å². The van der Waals surface area contributed by atoms with Crippen LogP contribution in [0.5, 0.6) is 0 Å². The number of rotatable bonds is 8. The van der Waals surface area contributed by atoms with Crippen molar-refractivity contribution >= 4 is 33.2 Å². The van der Waals surface area contributed by atoms with E-state index in [-0.39, 0.29) is 35.6 Å². The van der Waals surface area contributed by atoms with Crippen LogP contribution in [0.4, 0.5) is 5.69 Å². The lowest BCUT2D eigenvalue weighted by atomic mass is 10.1. The molecule has 1 aliphatic carbocycles. The molecule has 0 bridgehead atoms. The second-order valence-electron chi connectivity index (χ2n) is 7.65. The van der Waals surface area contributed by atoms with Gasteiger partial charge in [-0.15, -0.1) is 0 Å². The van der Waals surface area contributed by atoms with Crippen LogP contribution in [0.25, 0.3) is 0 Å². The number of amides is 2. The van der Waals surface area contributed by atoms with E-state index in [0.29, 0.717) is 18.7 Å². The van der Waals surface area contributed by atoms with Crippen LogP contribution in [0, 0.1) is 0 Å². The second-order valence-corrected chi connectivity index (χ2v) is 9.37. The van der Waals surface area contributed by atoms with Gasteiger partial charge in [-0.05, 0) is 36.6 Å². The van der Waals surface area contributed by atoms with Crippen molar-refractivity contribution in [2.24, 2.45) is 5.10 Å². The number of sulfonamides is 1. The first-order valence-electron chi connectivity index (χ1n) is 10.3. The Labute approximate surface area is 181 Å². The van der Waals surface area contributed by atoms with Gasteiger partial charge in [0.1, 0.15) is 0 Å². The molecule has 2 amide bonds. The summed E-state index contributed by atoms with van der Waals surface area (Å²) in [6, 6.07) is 15.8. The summed E-state index contributed by atoms with van der Waals surface area (Å²) in [5.41, 5.74) is 2.22. The topological polar surface area (TPSA) is 108 Å². The van der Waals surface area contributed by atoms with E-state index in [2.05, 4.69) is 15.1 Å². The van der Waals surface area contributed by atoms with E-state index in [1.165, 1.54) is 17.1 Å². The van der Waals surface area contributed by atoms with Gasteiger partial charge in [0.25, 0.3) is 0 Å². The molecule has 9 heteroatoms. The van der Waals surface area contributed by atoms with Gasteiger partial charge >= 0.3 is 0 Å². The summed E-state index contributed by atoms with van der Waals surface area (Å²) < 4.78 is 27.3. The minimum Gasteiger partial charge on any atom is -0.326 e. The third-order valence-corrected chi connectivity index (χ3v) is 6.61. The Morgan fingerprint density at radius 3 is 2.55 bits per heavy atom. The Kier molecular flexibility index (Phi) is 6.15. The molecule has 0 unspecified atom stereocenters. The molecule has 2 aromatic rings. The quantitative estimate of drug-likeness (QED) is 0.657. The Bertz CT molecular complexity index is 1110. The molecule has 1 aliphatic heterocycles. The highest BCUT2D eigenvalue weighted by molar-refractivity contribution is 7.89. The number of hydrazone groups is 1. The minimum atomic E-state index is -3.60. The molecule has 31 heavy (non-hydrogen) atoms. The zero-order valence-corrected chi connectivity index (χ0v) is 17.8. The molecular weight excluding hydrogens is 416 g/mol. The SMILES string of the molecule is O=C(CCC(=O)N1CCC(c2ccccc2)=N1)Nc1cccc(S(=O)(=O)NC2CC2)c1. The van der Waals surface area contributed by atoms with Crippen molar-refractivity contribution in [3.05, 3.63) is 60.2 Å². The molecule has 0 saturated heterocycles. The van der Waals surface area contributed by atoms with E-state index in [9.17, 15) is 18.0 Å². The number of nitrogens with zero attached hydrogens (tertiary/aromatic N) is 2. The molecule has 0 atom stereocenters. The summed E-state index contributed by atoms with van der Waals surface area (Å²) >= 11 is 0. The number of hydrogen-bond acceptors (Lipinski definition) is 5. The van der Waals surface area contributed by atoms with Crippen LogP contribution >= 0.6 is 0 Å². The van der Waals surface area contributed by atoms with Crippen LogP contribution in [-0.2, 0) is 19.6 Å². The van der Waals surface area contributed by atoms with Crippen LogP contribution in [0.15, 0.2) is 64.6 Å². The van der Waals surface area contributed by atoms with Gasteiger partial charge in [-0.1, -0.05) is 36.4 Å². The van der Waals surface area contributed by atoms with Gasteiger partial charge in [0.2, 0.25) is 21.8 Å². The zero-order valence-electron chi connectivity index (χ0n) is 17.0. The Hall–Kier alpha value is -3.04. The van der Waals surface area contributed by atoms with Crippen molar-refractivity contribution in [2.75, 3.05) is 11.9 Å². The Morgan fingerprint density at radius 2 is 1.81 bits per heavy atom. The molecule has 162 valence electrons. The first-order valence-corrected chi connectivity index (χ1v) is 11.7. The summed E-state index contributed by atoms with van der Waals surface area (Å²) in [4.78, 5) is 24.8. The molecule has 8 nitrogen and oxygen atoms in total. The van der Waals surface area contributed by atoms with Crippen molar-refractivity contribution in [1.29, 1.82) is 0 Å². The van der Waals surface area contributed by atoms with E-state index < -0.39 is 10.0 Å². The summed E-state index contributed by atoms with van der Waals surface area (Å²) in [6.45, 7) is 0.499. The van der Waals surface area contributed by atoms with Gasteiger partial charge in [-0.3, -0.25) is 9.59 Å². The molecule has 1 heterocycles. The van der Waals surface area contributed by atoms with Crippen molar-refractivity contribution in [2.45, 2.75) is 43.0 Å². The first kappa shape index (κ1) is 21.2. The molecule has 2 aliphatic rings. The fourth-order valence-corrected chi connectivity index (χ4v) is 4.62. The predicted octanol–water partition coefficient (Wildman–Crippen LogP) is 2.48. The monoisotopic (exact) mass is 440 g/mol. The van der Waals surface area contributed by atoms with E-state index in [0.717, 1.165) is 24.1 Å². The van der Waals surface area contributed by atoms with E-state index in [4.69, 9.17) is 0 Å². The smallest absolute Gasteiger partial charge is 0.243 e. The number of anilines is 1. The summed E-state index contributed by atoms with van der Waals surface area (Å²) in [7, 11) is -3.60. The van der Waals surface area contributed by atoms with Gasteiger partial charge in [-0.25, -0.2) is 18.1 Å². The predicted molar refractivity (Wildman–Crippen MR) is 117 cm³/mol. The molecule has 1 fully saturated rings. The highest BCUT2D eigenvalue weighted by atomic mass is 32.2. The lowest BCUT2D eigenvalue weighted by molar-refractivity contribution is -0.132. The van der Waals surface area contributed by atoms with Crippen molar-refractivity contribution in [3.8, 4) is 0 Å². The average Bonchev–Trinajstić information content (AvgIpc) is 3.42. The highest BCUT2D eigenvalue weighted by Gasteiger charge is 2.28. The summed E-state index contributed by atoms with van der Waals surface area (Å²) in [6.07, 6.45) is 2.38. The summed E-state index contributed by atoms with van der Waals surface area (Å²) in [5.74, 6) is -0.574. The zero-order chi connectivity index (χ0) is 21.8. The van der Waals surface area contributed by atoms with Crippen LogP contribution < -0.4 is 10.0 Å². The maximum absolute atomic E-state index is 12.4. The minimum absolute atomic E-state index is 0.00455. The largest absolute Gasteiger partial charge is 0.326 e. The summed E-state index contributed by atoms with van der Waals surface area (Å²) in [5, 5.41) is 8.46. The first-order chi connectivity index (χ1) is 14.9. The lowest BCUT2D eigenvalue weighted by Crippen LogP contribution is -2.26. The van der Waals surface area contributed by atoms with Gasteiger partial charge in [-0.2, -0.15) is 5.10 Å². The number of nitrogens with one attached hydrogen (secondary N) is 2. The second kappa shape index (κ2) is 8.99. The van der Waals surface area contributed by atoms with Crippen LogP contribution in [0.3, 0.4) is 0 Å². The molecular formula is C22H24N4O4S. The van der Waals surface area contributed by atoms with E-state index in [1.807, 2.05) is 30.3 Å². The van der Waals surface area contributed by atoms with Gasteiger partial charge in [0.15, 0.2) is 0 Å². The number of benzene rings is 2. The van der Waals surface area contributed by atoms with Crippen molar-refractivity contribution < 1.29 is 18.0 Å². The molecule has 2 aromatic carbocycles. The van der Waals surface area contributed by atoms with Crippen LogP contribution in [0.2, 0.25) is 0 Å². The third-order valence-electron chi connectivity index (χ3n) is 5.09. The van der Waals surface area contributed by atoms with Crippen molar-refractivity contribution in [3.63, 3.8) is 0 Å². The Morgan fingerprint density at radius 1 is 1.03 bits per heavy atom. The van der Waals surface area contributed by atoms with Crippen LogP contribution in [0.1, 0.15) is 37.7 Å². The molecule has 0 radical (unpaired) electrons. The van der Waals surface area contributed by atoms with Gasteiger partial charge in [0.05, 0.1) is 17.2 Å². The highest BCUT2D eigenvalue weighted by Crippen LogP contribution is 2.23. The van der Waals surface area contributed by atoms with E-state index in [1.54, 1.807) is 12.1 Å². The molecule has 0 aromatic heterocycles. The maximum Gasteiger partial charge on any atom is 0.243 e. The fraction of sp³-hybridized carbons (Fsp3) is 0.318. The molecule has 0 spiro atoms. The standard InChI is InChI=1S/C22H24N4O4S/c27-21(23-18-7-4-8-19(15-18)31(29,30)25-17-9-10-17)11-12-22(28)26-14-13-20(24-26)16-5-2-1-3-6-16/h1-8,15,17,25H,9-14H2,(H,23,27). The molecule has 4 rings (SSSR count). The average molecular weight is 441 g/mol. The molecule has 1 saturated carbocycles. The normalized spacial score (nSPS) is 16.1. The number of hydrogen-bond donors (Lipinski definition) is 2. The Balaban J connectivity index is 1.30. The van der Waals surface area contributed by atoms with Crippen LogP contribution in [-0.4, -0.2) is 43.5 Å². The number of carbonyl (C=O) groups is 2. The van der Waals surface area contributed by atoms with E-state index >= 15 is 0 Å². The fourth-order valence-electron chi connectivity index (χ4n) is 3.27. The third kappa shape index (κ3) is 5.56. The van der Waals surface area contributed by atoms with Gasteiger partial charge < -0.3 is 5.32 Å². The maximum atomic E-state index is 12.4. The van der Waals surface area contributed by atoms with Gasteiger partial charge in [0, 0.05) is 31.0 Å². The lowest BCUT2D eigenvalue weighted by Gasteiger charge is -2.12.